The van der Waals surface area contributed by atoms with Gasteiger partial charge in [0.25, 0.3) is 5.91 Å². The molecular weight excluding hydrogens is 269 g/mol. The van der Waals surface area contributed by atoms with Crippen molar-refractivity contribution in [3.05, 3.63) is 35.4 Å². The fraction of sp³-hybridized carbons (Fsp3) is 0.429. The molecule has 2 rings (SSSR count). The van der Waals surface area contributed by atoms with Crippen LogP contribution in [0.1, 0.15) is 35.2 Å². The molecule has 0 spiro atoms. The van der Waals surface area contributed by atoms with E-state index in [1.165, 1.54) is 12.1 Å². The summed E-state index contributed by atoms with van der Waals surface area (Å²) in [7, 11) is 0. The third-order valence-corrected chi connectivity index (χ3v) is 3.45. The van der Waals surface area contributed by atoms with Gasteiger partial charge in [-0.2, -0.15) is 18.4 Å². The molecule has 2 unspecified atom stereocenters. The van der Waals surface area contributed by atoms with Crippen molar-refractivity contribution in [3.8, 4) is 6.07 Å². The maximum atomic E-state index is 12.6. The number of benzene rings is 1. The molecule has 1 fully saturated rings. The number of alkyl halides is 3. The number of hydrogen-bond donors (Lipinski definition) is 1. The Bertz CT molecular complexity index is 548. The zero-order chi connectivity index (χ0) is 14.8. The van der Waals surface area contributed by atoms with Crippen molar-refractivity contribution >= 4 is 5.91 Å². The second-order valence-electron chi connectivity index (χ2n) is 4.83. The molecule has 106 valence electrons. The molecule has 0 aromatic heterocycles. The largest absolute Gasteiger partial charge is 0.416 e. The van der Waals surface area contributed by atoms with E-state index in [1.54, 1.807) is 0 Å². The molecule has 1 aromatic carbocycles. The maximum Gasteiger partial charge on any atom is 0.416 e. The Morgan fingerprint density at radius 3 is 2.75 bits per heavy atom. The molecule has 0 saturated heterocycles. The predicted octanol–water partition coefficient (Wildman–Crippen LogP) is 3.13. The lowest BCUT2D eigenvalue weighted by Crippen LogP contribution is -2.37. The van der Waals surface area contributed by atoms with Gasteiger partial charge < -0.3 is 5.32 Å². The molecule has 1 N–H and O–H groups in total. The van der Waals surface area contributed by atoms with E-state index in [0.717, 1.165) is 18.6 Å². The lowest BCUT2D eigenvalue weighted by molar-refractivity contribution is -0.137. The zero-order valence-corrected chi connectivity index (χ0v) is 10.6. The number of hydrogen-bond acceptors (Lipinski definition) is 2. The van der Waals surface area contributed by atoms with Gasteiger partial charge in [-0.05, 0) is 37.5 Å². The minimum atomic E-state index is -4.47. The second-order valence-corrected chi connectivity index (χ2v) is 4.83. The van der Waals surface area contributed by atoms with Gasteiger partial charge in [0.15, 0.2) is 0 Å². The quantitative estimate of drug-likeness (QED) is 0.906. The molecule has 20 heavy (non-hydrogen) atoms. The summed E-state index contributed by atoms with van der Waals surface area (Å²) in [4.78, 5) is 12.0. The first-order chi connectivity index (χ1) is 9.41. The molecule has 1 aliphatic rings. The van der Waals surface area contributed by atoms with Crippen LogP contribution in [0.5, 0.6) is 0 Å². The Hall–Kier alpha value is -2.03. The van der Waals surface area contributed by atoms with Crippen LogP contribution in [0.2, 0.25) is 0 Å². The van der Waals surface area contributed by atoms with Crippen LogP contribution in [-0.2, 0) is 6.18 Å². The standard InChI is InChI=1S/C14H13F3N2O/c15-14(16,17)11-5-1-3-9(7-11)13(20)19-12-6-2-4-10(12)8-18/h1,3,5,7,10,12H,2,4,6H2,(H,19,20). The molecule has 2 atom stereocenters. The molecule has 0 bridgehead atoms. The third kappa shape index (κ3) is 3.10. The molecule has 1 amide bonds. The molecule has 0 heterocycles. The van der Waals surface area contributed by atoms with Crippen LogP contribution >= 0.6 is 0 Å². The fourth-order valence-corrected chi connectivity index (χ4v) is 2.38. The highest BCUT2D eigenvalue weighted by Gasteiger charge is 2.32. The Kier molecular flexibility index (Phi) is 3.98. The third-order valence-electron chi connectivity index (χ3n) is 3.45. The SMILES string of the molecule is N#CC1CCCC1NC(=O)c1cccc(C(F)(F)F)c1. The van der Waals surface area contributed by atoms with Gasteiger partial charge in [0, 0.05) is 11.6 Å². The van der Waals surface area contributed by atoms with Crippen LogP contribution in [0, 0.1) is 17.2 Å². The van der Waals surface area contributed by atoms with Crippen molar-refractivity contribution in [2.24, 2.45) is 5.92 Å². The zero-order valence-electron chi connectivity index (χ0n) is 10.6. The first-order valence-corrected chi connectivity index (χ1v) is 6.29. The van der Waals surface area contributed by atoms with Crippen LogP contribution in [-0.4, -0.2) is 11.9 Å². The molecule has 1 aliphatic carbocycles. The first kappa shape index (κ1) is 14.4. The average molecular weight is 282 g/mol. The first-order valence-electron chi connectivity index (χ1n) is 6.29. The van der Waals surface area contributed by atoms with Crippen LogP contribution in [0.25, 0.3) is 0 Å². The topological polar surface area (TPSA) is 52.9 Å². The Balaban J connectivity index is 2.12. The predicted molar refractivity (Wildman–Crippen MR) is 65.7 cm³/mol. The number of halogens is 3. The molecule has 3 nitrogen and oxygen atoms in total. The highest BCUT2D eigenvalue weighted by atomic mass is 19.4. The summed E-state index contributed by atoms with van der Waals surface area (Å²) in [5.41, 5.74) is -0.892. The lowest BCUT2D eigenvalue weighted by Gasteiger charge is -2.16. The monoisotopic (exact) mass is 282 g/mol. The molecular formula is C14H13F3N2O. The minimum absolute atomic E-state index is 0.0385. The van der Waals surface area contributed by atoms with E-state index < -0.39 is 17.6 Å². The summed E-state index contributed by atoms with van der Waals surface area (Å²) < 4.78 is 37.7. The molecule has 0 radical (unpaired) electrons. The molecule has 1 saturated carbocycles. The van der Waals surface area contributed by atoms with Crippen molar-refractivity contribution in [3.63, 3.8) is 0 Å². The summed E-state index contributed by atoms with van der Waals surface area (Å²) in [6.45, 7) is 0. The molecule has 1 aromatic rings. The van der Waals surface area contributed by atoms with E-state index in [0.29, 0.717) is 12.8 Å². The number of amides is 1. The van der Waals surface area contributed by atoms with Gasteiger partial charge in [0.2, 0.25) is 0 Å². The Morgan fingerprint density at radius 1 is 1.35 bits per heavy atom. The van der Waals surface area contributed by atoms with Crippen LogP contribution < -0.4 is 5.32 Å². The molecule has 6 heteroatoms. The fourth-order valence-electron chi connectivity index (χ4n) is 2.38. The maximum absolute atomic E-state index is 12.6. The van der Waals surface area contributed by atoms with Crippen molar-refractivity contribution < 1.29 is 18.0 Å². The summed E-state index contributed by atoms with van der Waals surface area (Å²) in [6, 6.07) is 6.12. The van der Waals surface area contributed by atoms with Crippen molar-refractivity contribution in [1.29, 1.82) is 5.26 Å². The van der Waals surface area contributed by atoms with E-state index in [-0.39, 0.29) is 17.5 Å². The Morgan fingerprint density at radius 2 is 2.10 bits per heavy atom. The van der Waals surface area contributed by atoms with Gasteiger partial charge in [-0.25, -0.2) is 0 Å². The van der Waals surface area contributed by atoms with E-state index in [9.17, 15) is 18.0 Å². The number of nitriles is 1. The number of carbonyl (C=O) groups excluding carboxylic acids is 1. The normalized spacial score (nSPS) is 22.3. The number of nitrogens with zero attached hydrogens (tertiary/aromatic N) is 1. The van der Waals surface area contributed by atoms with E-state index in [2.05, 4.69) is 11.4 Å². The van der Waals surface area contributed by atoms with Crippen LogP contribution in [0.3, 0.4) is 0 Å². The average Bonchev–Trinajstić information content (AvgIpc) is 2.85. The summed E-state index contributed by atoms with van der Waals surface area (Å²) >= 11 is 0. The van der Waals surface area contributed by atoms with Gasteiger partial charge >= 0.3 is 6.18 Å². The summed E-state index contributed by atoms with van der Waals surface area (Å²) in [6.07, 6.45) is -2.24. The van der Waals surface area contributed by atoms with Crippen LogP contribution in [0.4, 0.5) is 13.2 Å². The van der Waals surface area contributed by atoms with Crippen molar-refractivity contribution in [2.75, 3.05) is 0 Å². The Labute approximate surface area is 114 Å². The lowest BCUT2D eigenvalue weighted by atomic mass is 10.0. The van der Waals surface area contributed by atoms with Crippen molar-refractivity contribution in [2.45, 2.75) is 31.5 Å². The smallest absolute Gasteiger partial charge is 0.348 e. The van der Waals surface area contributed by atoms with Crippen LogP contribution in [0.15, 0.2) is 24.3 Å². The molecule has 0 aliphatic heterocycles. The minimum Gasteiger partial charge on any atom is -0.348 e. The highest BCUT2D eigenvalue weighted by Crippen LogP contribution is 2.30. The van der Waals surface area contributed by atoms with Gasteiger partial charge in [0.1, 0.15) is 0 Å². The van der Waals surface area contributed by atoms with E-state index >= 15 is 0 Å². The van der Waals surface area contributed by atoms with Crippen molar-refractivity contribution in [1.82, 2.24) is 5.32 Å². The van der Waals surface area contributed by atoms with E-state index in [1.807, 2.05) is 0 Å². The second kappa shape index (κ2) is 5.53. The highest BCUT2D eigenvalue weighted by molar-refractivity contribution is 5.94. The summed E-state index contributed by atoms with van der Waals surface area (Å²) in [5.74, 6) is -0.826. The summed E-state index contributed by atoms with van der Waals surface area (Å²) in [5, 5.41) is 11.6. The van der Waals surface area contributed by atoms with Gasteiger partial charge in [-0.1, -0.05) is 6.07 Å². The number of nitrogens with one attached hydrogen (secondary N) is 1. The van der Waals surface area contributed by atoms with Gasteiger partial charge in [0.05, 0.1) is 17.6 Å². The number of rotatable bonds is 2. The van der Waals surface area contributed by atoms with Gasteiger partial charge in [-0.3, -0.25) is 4.79 Å². The van der Waals surface area contributed by atoms with E-state index in [4.69, 9.17) is 5.26 Å². The van der Waals surface area contributed by atoms with Gasteiger partial charge in [-0.15, -0.1) is 0 Å². The number of carbonyl (C=O) groups is 1.